The quantitative estimate of drug-likeness (QED) is 0.664. The van der Waals surface area contributed by atoms with Crippen LogP contribution in [-0.2, 0) is 13.0 Å². The van der Waals surface area contributed by atoms with Crippen LogP contribution in [0.15, 0.2) is 73.1 Å². The van der Waals surface area contributed by atoms with Gasteiger partial charge in [-0.2, -0.15) is 0 Å². The minimum absolute atomic E-state index is 0.365. The summed E-state index contributed by atoms with van der Waals surface area (Å²) in [7, 11) is 0. The van der Waals surface area contributed by atoms with Crippen LogP contribution in [0.2, 0.25) is 0 Å². The smallest absolute Gasteiger partial charge is 0.321 e. The van der Waals surface area contributed by atoms with Crippen molar-refractivity contribution < 1.29 is 4.74 Å². The zero-order valence-electron chi connectivity index (χ0n) is 14.4. The Hall–Kier alpha value is -2.72. The molecule has 1 aromatic heterocycles. The lowest BCUT2D eigenvalue weighted by atomic mass is 10.1. The van der Waals surface area contributed by atoms with Crippen LogP contribution in [0.5, 0.6) is 11.8 Å². The van der Waals surface area contributed by atoms with Crippen LogP contribution >= 0.6 is 0 Å². The molecule has 1 heterocycles. The molecule has 0 bridgehead atoms. The van der Waals surface area contributed by atoms with E-state index in [1.165, 1.54) is 11.1 Å². The van der Waals surface area contributed by atoms with Gasteiger partial charge in [-0.05, 0) is 49.1 Å². The number of rotatable bonds is 8. The van der Waals surface area contributed by atoms with Gasteiger partial charge in [0.15, 0.2) is 0 Å². The van der Waals surface area contributed by atoms with Crippen molar-refractivity contribution in [2.45, 2.75) is 32.4 Å². The molecule has 0 saturated carbocycles. The topological polar surface area (TPSA) is 47.0 Å². The summed E-state index contributed by atoms with van der Waals surface area (Å²) < 4.78 is 5.68. The average molecular weight is 333 g/mol. The number of aryl methyl sites for hydroxylation is 1. The molecule has 4 heteroatoms. The molecule has 0 radical (unpaired) electrons. The summed E-state index contributed by atoms with van der Waals surface area (Å²) in [5.41, 5.74) is 2.56. The fourth-order valence-corrected chi connectivity index (χ4v) is 2.58. The third kappa shape index (κ3) is 5.69. The predicted molar refractivity (Wildman–Crippen MR) is 99.6 cm³/mol. The Morgan fingerprint density at radius 3 is 2.48 bits per heavy atom. The Bertz CT molecular complexity index is 762. The van der Waals surface area contributed by atoms with Crippen molar-refractivity contribution in [1.29, 1.82) is 0 Å². The predicted octanol–water partition coefficient (Wildman–Crippen LogP) is 4.38. The maximum Gasteiger partial charge on any atom is 0.321 e. The minimum Gasteiger partial charge on any atom is -0.424 e. The zero-order valence-corrected chi connectivity index (χ0v) is 14.4. The molecule has 0 aliphatic rings. The van der Waals surface area contributed by atoms with Gasteiger partial charge in [0.2, 0.25) is 0 Å². The van der Waals surface area contributed by atoms with Gasteiger partial charge in [0.05, 0.1) is 0 Å². The lowest BCUT2D eigenvalue weighted by Crippen LogP contribution is -2.25. The number of nitrogens with one attached hydrogen (secondary N) is 1. The fraction of sp³-hybridized carbons (Fsp3) is 0.238. The third-order valence-electron chi connectivity index (χ3n) is 4.01. The van der Waals surface area contributed by atoms with Crippen molar-refractivity contribution in [3.05, 3.63) is 84.2 Å². The first kappa shape index (κ1) is 17.1. The highest BCUT2D eigenvalue weighted by Gasteiger charge is 2.04. The number of hydrogen-bond donors (Lipinski definition) is 1. The van der Waals surface area contributed by atoms with Crippen LogP contribution in [-0.4, -0.2) is 16.0 Å². The van der Waals surface area contributed by atoms with E-state index in [1.54, 1.807) is 18.5 Å². The van der Waals surface area contributed by atoms with Crippen molar-refractivity contribution >= 4 is 0 Å². The van der Waals surface area contributed by atoms with Crippen molar-refractivity contribution in [1.82, 2.24) is 15.3 Å². The molecule has 128 valence electrons. The molecule has 0 unspecified atom stereocenters. The number of nitrogens with zero attached hydrogens (tertiary/aromatic N) is 2. The van der Waals surface area contributed by atoms with E-state index in [1.807, 2.05) is 18.2 Å². The van der Waals surface area contributed by atoms with Gasteiger partial charge in [-0.1, -0.05) is 42.5 Å². The molecule has 0 aliphatic heterocycles. The summed E-state index contributed by atoms with van der Waals surface area (Å²) in [5.74, 6) is 0.752. The van der Waals surface area contributed by atoms with E-state index in [9.17, 15) is 0 Å². The Morgan fingerprint density at radius 2 is 1.68 bits per heavy atom. The van der Waals surface area contributed by atoms with Crippen LogP contribution in [0.1, 0.15) is 24.5 Å². The number of benzene rings is 2. The van der Waals surface area contributed by atoms with Crippen LogP contribution in [0.25, 0.3) is 0 Å². The number of aromatic nitrogens is 2. The molecule has 4 nitrogen and oxygen atoms in total. The summed E-state index contributed by atoms with van der Waals surface area (Å²) in [5, 5.41) is 3.57. The van der Waals surface area contributed by atoms with Gasteiger partial charge < -0.3 is 10.1 Å². The summed E-state index contributed by atoms with van der Waals surface area (Å²) in [4.78, 5) is 8.16. The van der Waals surface area contributed by atoms with Crippen LogP contribution in [0.4, 0.5) is 0 Å². The van der Waals surface area contributed by atoms with Crippen LogP contribution in [0.3, 0.4) is 0 Å². The second-order valence-electron chi connectivity index (χ2n) is 6.09. The van der Waals surface area contributed by atoms with E-state index >= 15 is 0 Å². The lowest BCUT2D eigenvalue weighted by Gasteiger charge is -2.14. The first-order valence-electron chi connectivity index (χ1n) is 8.61. The van der Waals surface area contributed by atoms with Crippen molar-refractivity contribution in [3.8, 4) is 11.8 Å². The molecule has 0 saturated heterocycles. The first-order chi connectivity index (χ1) is 12.3. The molecule has 1 N–H and O–H groups in total. The van der Waals surface area contributed by atoms with Gasteiger partial charge in [-0.3, -0.25) is 0 Å². The van der Waals surface area contributed by atoms with Gasteiger partial charge in [0, 0.05) is 25.0 Å². The molecule has 3 rings (SSSR count). The van der Waals surface area contributed by atoms with Gasteiger partial charge in [-0.25, -0.2) is 9.97 Å². The van der Waals surface area contributed by atoms with Crippen LogP contribution < -0.4 is 10.1 Å². The maximum absolute atomic E-state index is 5.68. The molecular formula is C21H23N3O. The van der Waals surface area contributed by atoms with E-state index in [4.69, 9.17) is 4.74 Å². The van der Waals surface area contributed by atoms with Crippen molar-refractivity contribution in [2.24, 2.45) is 0 Å². The van der Waals surface area contributed by atoms with Crippen molar-refractivity contribution in [2.75, 3.05) is 0 Å². The number of ether oxygens (including phenoxy) is 1. The van der Waals surface area contributed by atoms with Crippen molar-refractivity contribution in [3.63, 3.8) is 0 Å². The molecule has 0 spiro atoms. The molecule has 0 aliphatic carbocycles. The highest BCUT2D eigenvalue weighted by Crippen LogP contribution is 2.18. The maximum atomic E-state index is 5.68. The molecule has 0 amide bonds. The monoisotopic (exact) mass is 333 g/mol. The van der Waals surface area contributed by atoms with Gasteiger partial charge in [0.1, 0.15) is 5.75 Å². The summed E-state index contributed by atoms with van der Waals surface area (Å²) >= 11 is 0. The third-order valence-corrected chi connectivity index (χ3v) is 4.01. The fourth-order valence-electron chi connectivity index (χ4n) is 2.58. The van der Waals surface area contributed by atoms with Gasteiger partial charge in [-0.15, -0.1) is 0 Å². The highest BCUT2D eigenvalue weighted by atomic mass is 16.5. The van der Waals surface area contributed by atoms with Gasteiger partial charge in [0.25, 0.3) is 0 Å². The Morgan fingerprint density at radius 1 is 0.920 bits per heavy atom. The summed E-state index contributed by atoms with van der Waals surface area (Å²) in [6, 6.07) is 21.2. The molecule has 1 atom stereocenters. The largest absolute Gasteiger partial charge is 0.424 e. The zero-order chi connectivity index (χ0) is 17.3. The Kier molecular flexibility index (Phi) is 6.12. The van der Waals surface area contributed by atoms with E-state index in [0.717, 1.165) is 25.1 Å². The van der Waals surface area contributed by atoms with E-state index in [0.29, 0.717) is 12.1 Å². The minimum atomic E-state index is 0.365. The highest BCUT2D eigenvalue weighted by molar-refractivity contribution is 5.30. The second-order valence-corrected chi connectivity index (χ2v) is 6.09. The molecular weight excluding hydrogens is 310 g/mol. The lowest BCUT2D eigenvalue weighted by molar-refractivity contribution is 0.440. The van der Waals surface area contributed by atoms with Crippen LogP contribution in [0, 0.1) is 0 Å². The molecule has 0 fully saturated rings. The Balaban J connectivity index is 1.48. The van der Waals surface area contributed by atoms with Gasteiger partial charge >= 0.3 is 6.01 Å². The van der Waals surface area contributed by atoms with E-state index < -0.39 is 0 Å². The first-order valence-corrected chi connectivity index (χ1v) is 8.61. The number of hydrogen-bond acceptors (Lipinski definition) is 4. The normalized spacial score (nSPS) is 11.9. The van der Waals surface area contributed by atoms with E-state index in [2.05, 4.69) is 58.6 Å². The summed E-state index contributed by atoms with van der Waals surface area (Å²) in [6.45, 7) is 3.03. The Labute approximate surface area is 148 Å². The standard InChI is InChI=1S/C21H23N3O/c1-17(11-12-18-7-3-2-4-8-18)24-16-19-9-5-10-20(15-19)25-21-22-13-6-14-23-21/h2-10,13-15,17,24H,11-12,16H2,1H3/t17-/m1/s1. The molecule has 3 aromatic rings. The molecule has 2 aromatic carbocycles. The average Bonchev–Trinajstić information content (AvgIpc) is 2.67. The SMILES string of the molecule is C[C@H](CCc1ccccc1)NCc1cccc(Oc2ncccn2)c1. The summed E-state index contributed by atoms with van der Waals surface area (Å²) in [6.07, 6.45) is 5.53. The van der Waals surface area contributed by atoms with E-state index in [-0.39, 0.29) is 0 Å². The second kappa shape index (κ2) is 8.94. The molecule has 25 heavy (non-hydrogen) atoms.